The molecule has 12 heavy (non-hydrogen) atoms. The summed E-state index contributed by atoms with van der Waals surface area (Å²) in [6, 6.07) is 0. The second kappa shape index (κ2) is 2.98. The van der Waals surface area contributed by atoms with E-state index in [9.17, 15) is 0 Å². The molecule has 0 aliphatic carbocycles. The van der Waals surface area contributed by atoms with Gasteiger partial charge in [0.25, 0.3) is 0 Å². The third-order valence-corrected chi connectivity index (χ3v) is 2.29. The van der Waals surface area contributed by atoms with Gasteiger partial charge in [-0.2, -0.15) is 0 Å². The first-order chi connectivity index (χ1) is 5.37. The number of aliphatic hydroxyl groups excluding tert-OH is 1. The van der Waals surface area contributed by atoms with Gasteiger partial charge in [0.2, 0.25) is 0 Å². The summed E-state index contributed by atoms with van der Waals surface area (Å²) in [6.07, 6.45) is -0.00231. The maximum absolute atomic E-state index is 9.09. The molecule has 1 heterocycles. The van der Waals surface area contributed by atoms with E-state index in [1.54, 1.807) is 0 Å². The quantitative estimate of drug-likeness (QED) is 0.682. The van der Waals surface area contributed by atoms with Crippen molar-refractivity contribution in [2.45, 2.75) is 39.6 Å². The van der Waals surface area contributed by atoms with Crippen molar-refractivity contribution in [1.82, 2.24) is 0 Å². The summed E-state index contributed by atoms with van der Waals surface area (Å²) in [6.45, 7) is 8.42. The minimum atomic E-state index is -0.489. The number of rotatable bonds is 2. The van der Waals surface area contributed by atoms with Crippen LogP contribution in [-0.4, -0.2) is 30.2 Å². The second-order valence-electron chi connectivity index (χ2n) is 4.46. The third-order valence-electron chi connectivity index (χ3n) is 2.29. The fourth-order valence-electron chi connectivity index (χ4n) is 1.17. The topological polar surface area (TPSA) is 38.7 Å². The van der Waals surface area contributed by atoms with Gasteiger partial charge in [-0.25, -0.2) is 0 Å². The summed E-state index contributed by atoms with van der Waals surface area (Å²) in [5.41, 5.74) is -0.215. The van der Waals surface area contributed by atoms with E-state index in [2.05, 4.69) is 0 Å². The second-order valence-corrected chi connectivity index (χ2v) is 4.46. The van der Waals surface area contributed by atoms with Gasteiger partial charge in [-0.05, 0) is 13.8 Å². The zero-order chi connectivity index (χ0) is 9.41. The summed E-state index contributed by atoms with van der Waals surface area (Å²) in [5.74, 6) is -0.489. The van der Waals surface area contributed by atoms with Gasteiger partial charge in [-0.3, -0.25) is 0 Å². The smallest absolute Gasteiger partial charge is 0.163 e. The van der Waals surface area contributed by atoms with Crippen LogP contribution in [0.5, 0.6) is 0 Å². The van der Waals surface area contributed by atoms with E-state index in [1.807, 2.05) is 27.7 Å². The molecule has 0 spiro atoms. The van der Waals surface area contributed by atoms with Crippen molar-refractivity contribution in [3.8, 4) is 0 Å². The lowest BCUT2D eigenvalue weighted by Gasteiger charge is -2.28. The maximum atomic E-state index is 9.09. The Bertz CT molecular complexity index is 163. The Morgan fingerprint density at radius 2 is 2.08 bits per heavy atom. The molecule has 1 aliphatic rings. The molecule has 1 atom stereocenters. The molecule has 0 bridgehead atoms. The van der Waals surface area contributed by atoms with Crippen LogP contribution < -0.4 is 0 Å². The molecule has 0 aromatic carbocycles. The van der Waals surface area contributed by atoms with E-state index >= 15 is 0 Å². The first-order valence-electron chi connectivity index (χ1n) is 4.30. The zero-order valence-corrected chi connectivity index (χ0v) is 8.26. The number of hydrogen-bond donors (Lipinski definition) is 1. The van der Waals surface area contributed by atoms with Gasteiger partial charge in [0, 0.05) is 5.41 Å². The molecule has 72 valence electrons. The van der Waals surface area contributed by atoms with Crippen molar-refractivity contribution in [2.24, 2.45) is 5.41 Å². The normalized spacial score (nSPS) is 29.2. The Morgan fingerprint density at radius 3 is 2.42 bits per heavy atom. The van der Waals surface area contributed by atoms with Crippen molar-refractivity contribution in [2.75, 3.05) is 13.2 Å². The molecule has 0 unspecified atom stereocenters. The molecule has 0 saturated carbocycles. The summed E-state index contributed by atoms with van der Waals surface area (Å²) in [7, 11) is 0. The fraction of sp³-hybridized carbons (Fsp3) is 1.00. The van der Waals surface area contributed by atoms with Gasteiger partial charge in [0.1, 0.15) is 0 Å². The Morgan fingerprint density at radius 1 is 1.50 bits per heavy atom. The molecule has 1 aliphatic heterocycles. The monoisotopic (exact) mass is 174 g/mol. The molecule has 0 amide bonds. The van der Waals surface area contributed by atoms with Crippen LogP contribution in [0, 0.1) is 5.41 Å². The van der Waals surface area contributed by atoms with Crippen molar-refractivity contribution >= 4 is 0 Å². The zero-order valence-electron chi connectivity index (χ0n) is 8.26. The highest BCUT2D eigenvalue weighted by Gasteiger charge is 2.41. The van der Waals surface area contributed by atoms with Gasteiger partial charge in [0.05, 0.1) is 19.3 Å². The Balaban J connectivity index is 2.58. The molecule has 3 nitrogen and oxygen atoms in total. The van der Waals surface area contributed by atoms with Crippen molar-refractivity contribution in [3.05, 3.63) is 0 Å². The van der Waals surface area contributed by atoms with Crippen LogP contribution in [0.1, 0.15) is 27.7 Å². The Labute approximate surface area is 73.7 Å². The van der Waals surface area contributed by atoms with Crippen molar-refractivity contribution < 1.29 is 14.6 Å². The van der Waals surface area contributed by atoms with Gasteiger partial charge >= 0.3 is 0 Å². The highest BCUT2D eigenvalue weighted by molar-refractivity contribution is 4.83. The number of hydrogen-bond acceptors (Lipinski definition) is 3. The van der Waals surface area contributed by atoms with Crippen LogP contribution >= 0.6 is 0 Å². The van der Waals surface area contributed by atoms with E-state index in [-0.39, 0.29) is 18.1 Å². The average Bonchev–Trinajstić information content (AvgIpc) is 2.31. The summed E-state index contributed by atoms with van der Waals surface area (Å²) in [5, 5.41) is 9.09. The number of aliphatic hydroxyl groups is 1. The van der Waals surface area contributed by atoms with E-state index < -0.39 is 5.79 Å². The fourth-order valence-corrected chi connectivity index (χ4v) is 1.17. The highest BCUT2D eigenvalue weighted by Crippen LogP contribution is 2.33. The molecule has 1 N–H and O–H groups in total. The van der Waals surface area contributed by atoms with Gasteiger partial charge in [-0.15, -0.1) is 0 Å². The lowest BCUT2D eigenvalue weighted by molar-refractivity contribution is -0.154. The molecule has 1 fully saturated rings. The molecular weight excluding hydrogens is 156 g/mol. The van der Waals surface area contributed by atoms with Crippen LogP contribution in [0.15, 0.2) is 0 Å². The van der Waals surface area contributed by atoms with E-state index in [0.29, 0.717) is 6.61 Å². The van der Waals surface area contributed by atoms with Crippen molar-refractivity contribution in [3.63, 3.8) is 0 Å². The van der Waals surface area contributed by atoms with Crippen LogP contribution in [0.2, 0.25) is 0 Å². The molecule has 0 radical (unpaired) electrons. The standard InChI is InChI=1S/C9H18O3/c1-8(2,6-10)7-5-11-9(3,4)12-7/h7,10H,5-6H2,1-4H3/t7-/m1/s1. The number of ether oxygens (including phenoxy) is 2. The molecule has 0 aromatic heterocycles. The van der Waals surface area contributed by atoms with E-state index in [1.165, 1.54) is 0 Å². The Kier molecular flexibility index (Phi) is 2.47. The van der Waals surface area contributed by atoms with Crippen LogP contribution in [0.25, 0.3) is 0 Å². The third kappa shape index (κ3) is 1.97. The highest BCUT2D eigenvalue weighted by atomic mass is 16.7. The largest absolute Gasteiger partial charge is 0.396 e. The van der Waals surface area contributed by atoms with Gasteiger partial charge in [-0.1, -0.05) is 13.8 Å². The molecule has 1 saturated heterocycles. The van der Waals surface area contributed by atoms with Crippen molar-refractivity contribution in [1.29, 1.82) is 0 Å². The summed E-state index contributed by atoms with van der Waals surface area (Å²) in [4.78, 5) is 0. The summed E-state index contributed by atoms with van der Waals surface area (Å²) >= 11 is 0. The molecule has 3 heteroatoms. The van der Waals surface area contributed by atoms with Crippen LogP contribution in [0.4, 0.5) is 0 Å². The van der Waals surface area contributed by atoms with Crippen LogP contribution in [0.3, 0.4) is 0 Å². The lowest BCUT2D eigenvalue weighted by Crippen LogP contribution is -2.36. The summed E-state index contributed by atoms with van der Waals surface area (Å²) < 4.78 is 11.0. The Hall–Kier alpha value is -0.120. The minimum Gasteiger partial charge on any atom is -0.396 e. The van der Waals surface area contributed by atoms with Gasteiger partial charge < -0.3 is 14.6 Å². The SMILES string of the molecule is CC1(C)OC[C@H](C(C)(C)CO)O1. The predicted molar refractivity (Wildman–Crippen MR) is 45.8 cm³/mol. The first kappa shape index (κ1) is 9.96. The molecule has 0 aromatic rings. The molecular formula is C9H18O3. The van der Waals surface area contributed by atoms with Crippen LogP contribution in [-0.2, 0) is 9.47 Å². The lowest BCUT2D eigenvalue weighted by atomic mass is 9.88. The predicted octanol–water partition coefficient (Wildman–Crippen LogP) is 1.16. The van der Waals surface area contributed by atoms with E-state index in [4.69, 9.17) is 14.6 Å². The maximum Gasteiger partial charge on any atom is 0.163 e. The van der Waals surface area contributed by atoms with Gasteiger partial charge in [0.15, 0.2) is 5.79 Å². The minimum absolute atomic E-state index is 0.00231. The molecule has 1 rings (SSSR count). The first-order valence-corrected chi connectivity index (χ1v) is 4.30. The van der Waals surface area contributed by atoms with E-state index in [0.717, 1.165) is 0 Å². The average molecular weight is 174 g/mol.